The van der Waals surface area contributed by atoms with Gasteiger partial charge in [-0.05, 0) is 6.07 Å². The zero-order valence-electron chi connectivity index (χ0n) is 9.62. The Bertz CT molecular complexity index is 741. The fourth-order valence-corrected chi connectivity index (χ4v) is 2.03. The van der Waals surface area contributed by atoms with E-state index in [0.717, 1.165) is 22.0 Å². The highest BCUT2D eigenvalue weighted by molar-refractivity contribution is 5.96. The topological polar surface area (TPSA) is 76.8 Å². The maximum atomic E-state index is 10.7. The number of fused-ring (bicyclic) bond motifs is 1. The molecule has 0 fully saturated rings. The maximum Gasteiger partial charge on any atom is 0.271 e. The van der Waals surface area contributed by atoms with Gasteiger partial charge in [0.15, 0.2) is 0 Å². The minimum atomic E-state index is -0.399. The summed E-state index contributed by atoms with van der Waals surface area (Å²) < 4.78 is 1.72. The van der Waals surface area contributed by atoms with E-state index in [2.05, 4.69) is 10.1 Å². The minimum Gasteiger partial charge on any atom is -0.360 e. The van der Waals surface area contributed by atoms with E-state index in [-0.39, 0.29) is 5.69 Å². The second-order valence-electron chi connectivity index (χ2n) is 4.09. The molecule has 2 aromatic heterocycles. The summed E-state index contributed by atoms with van der Waals surface area (Å²) in [7, 11) is 1.85. The number of hydrogen-bond donors (Lipinski definition) is 1. The molecule has 0 unspecified atom stereocenters. The van der Waals surface area contributed by atoms with Gasteiger partial charge in [0.2, 0.25) is 0 Å². The Morgan fingerprint density at radius 1 is 1.44 bits per heavy atom. The lowest BCUT2D eigenvalue weighted by atomic mass is 10.1. The molecule has 0 saturated carbocycles. The number of H-pyrrole nitrogens is 1. The van der Waals surface area contributed by atoms with Crippen LogP contribution in [-0.4, -0.2) is 19.7 Å². The van der Waals surface area contributed by atoms with E-state index >= 15 is 0 Å². The summed E-state index contributed by atoms with van der Waals surface area (Å²) in [5, 5.41) is 15.8. The lowest BCUT2D eigenvalue weighted by molar-refractivity contribution is -0.384. The summed E-state index contributed by atoms with van der Waals surface area (Å²) in [6.45, 7) is 0. The zero-order chi connectivity index (χ0) is 12.7. The van der Waals surface area contributed by atoms with Crippen LogP contribution in [0.5, 0.6) is 0 Å². The molecule has 0 atom stereocenters. The van der Waals surface area contributed by atoms with Crippen molar-refractivity contribution >= 4 is 16.6 Å². The second-order valence-corrected chi connectivity index (χ2v) is 4.09. The smallest absolute Gasteiger partial charge is 0.271 e. The third kappa shape index (κ3) is 1.55. The van der Waals surface area contributed by atoms with Crippen molar-refractivity contribution in [1.82, 2.24) is 14.8 Å². The summed E-state index contributed by atoms with van der Waals surface area (Å²) in [6.07, 6.45) is 5.51. The Hall–Kier alpha value is -2.63. The number of benzene rings is 1. The first-order valence-electron chi connectivity index (χ1n) is 5.40. The van der Waals surface area contributed by atoms with Gasteiger partial charge in [-0.1, -0.05) is 0 Å². The van der Waals surface area contributed by atoms with Crippen LogP contribution in [-0.2, 0) is 7.05 Å². The molecule has 0 aliphatic heterocycles. The van der Waals surface area contributed by atoms with Crippen LogP contribution in [0.2, 0.25) is 0 Å². The average Bonchev–Trinajstić information content (AvgIpc) is 2.93. The summed E-state index contributed by atoms with van der Waals surface area (Å²) in [6, 6.07) is 4.80. The first kappa shape index (κ1) is 10.5. The number of non-ortho nitro benzene ring substituents is 1. The summed E-state index contributed by atoms with van der Waals surface area (Å²) >= 11 is 0. The molecular formula is C12H10N4O2. The van der Waals surface area contributed by atoms with E-state index in [9.17, 15) is 10.1 Å². The number of nitrogens with zero attached hydrogens (tertiary/aromatic N) is 3. The van der Waals surface area contributed by atoms with Gasteiger partial charge in [-0.2, -0.15) is 5.10 Å². The lowest BCUT2D eigenvalue weighted by Crippen LogP contribution is -1.86. The monoisotopic (exact) mass is 242 g/mol. The number of aromatic nitrogens is 3. The first-order chi connectivity index (χ1) is 8.65. The molecule has 3 rings (SSSR count). The Labute approximate surface area is 102 Å². The van der Waals surface area contributed by atoms with Crippen LogP contribution < -0.4 is 0 Å². The Balaban J connectivity index is 2.18. The van der Waals surface area contributed by atoms with Crippen LogP contribution in [0.15, 0.2) is 36.8 Å². The fraction of sp³-hybridized carbons (Fsp3) is 0.0833. The van der Waals surface area contributed by atoms with E-state index in [1.54, 1.807) is 16.9 Å². The van der Waals surface area contributed by atoms with Crippen molar-refractivity contribution in [3.8, 4) is 11.1 Å². The molecule has 0 aliphatic rings. The van der Waals surface area contributed by atoms with Crippen LogP contribution in [0.25, 0.3) is 22.0 Å². The standard InChI is InChI=1S/C12H10N4O2/c1-15-7-8(5-14-15)11-6-13-12-4-9(16(17)18)2-3-10(11)12/h2-7,13H,1H3. The number of hydrogen-bond acceptors (Lipinski definition) is 3. The van der Waals surface area contributed by atoms with E-state index in [0.29, 0.717) is 0 Å². The molecule has 2 heterocycles. The Morgan fingerprint density at radius 2 is 2.28 bits per heavy atom. The highest BCUT2D eigenvalue weighted by Gasteiger charge is 2.11. The zero-order valence-corrected chi connectivity index (χ0v) is 9.62. The SMILES string of the molecule is Cn1cc(-c2c[nH]c3cc([N+](=O)[O-])ccc23)cn1. The van der Waals surface area contributed by atoms with Gasteiger partial charge in [0.25, 0.3) is 5.69 Å². The number of rotatable bonds is 2. The molecule has 0 amide bonds. The van der Waals surface area contributed by atoms with Crippen molar-refractivity contribution in [2.75, 3.05) is 0 Å². The third-order valence-corrected chi connectivity index (χ3v) is 2.89. The highest BCUT2D eigenvalue weighted by Crippen LogP contribution is 2.30. The molecule has 0 aliphatic carbocycles. The van der Waals surface area contributed by atoms with E-state index in [4.69, 9.17) is 0 Å². The fourth-order valence-electron chi connectivity index (χ4n) is 2.03. The van der Waals surface area contributed by atoms with Gasteiger partial charge in [0, 0.05) is 48.1 Å². The number of aryl methyl sites for hydroxylation is 1. The van der Waals surface area contributed by atoms with Gasteiger partial charge >= 0.3 is 0 Å². The van der Waals surface area contributed by atoms with Gasteiger partial charge in [-0.15, -0.1) is 0 Å². The molecule has 18 heavy (non-hydrogen) atoms. The van der Waals surface area contributed by atoms with Gasteiger partial charge in [-0.25, -0.2) is 0 Å². The van der Waals surface area contributed by atoms with Crippen LogP contribution in [0.4, 0.5) is 5.69 Å². The third-order valence-electron chi connectivity index (χ3n) is 2.89. The largest absolute Gasteiger partial charge is 0.360 e. The van der Waals surface area contributed by atoms with Gasteiger partial charge in [-0.3, -0.25) is 14.8 Å². The van der Waals surface area contributed by atoms with Crippen molar-refractivity contribution in [2.24, 2.45) is 7.05 Å². The predicted octanol–water partition coefficient (Wildman–Crippen LogP) is 2.48. The van der Waals surface area contributed by atoms with Crippen molar-refractivity contribution in [2.45, 2.75) is 0 Å². The van der Waals surface area contributed by atoms with Crippen molar-refractivity contribution < 1.29 is 4.92 Å². The molecule has 1 N–H and O–H groups in total. The van der Waals surface area contributed by atoms with E-state index < -0.39 is 4.92 Å². The molecule has 0 saturated heterocycles. The summed E-state index contributed by atoms with van der Waals surface area (Å²) in [5.41, 5.74) is 2.82. The van der Waals surface area contributed by atoms with E-state index in [1.807, 2.05) is 19.4 Å². The minimum absolute atomic E-state index is 0.0853. The number of nitro benzene ring substituents is 1. The molecule has 6 nitrogen and oxygen atoms in total. The van der Waals surface area contributed by atoms with Gasteiger partial charge < -0.3 is 4.98 Å². The van der Waals surface area contributed by atoms with Crippen molar-refractivity contribution in [3.63, 3.8) is 0 Å². The van der Waals surface area contributed by atoms with Crippen LogP contribution in [0.1, 0.15) is 0 Å². The Kier molecular flexibility index (Phi) is 2.16. The Morgan fingerprint density at radius 3 is 2.94 bits per heavy atom. The molecule has 0 bridgehead atoms. The number of aromatic amines is 1. The van der Waals surface area contributed by atoms with Crippen molar-refractivity contribution in [1.29, 1.82) is 0 Å². The van der Waals surface area contributed by atoms with Crippen LogP contribution >= 0.6 is 0 Å². The average molecular weight is 242 g/mol. The molecule has 0 spiro atoms. The highest BCUT2D eigenvalue weighted by atomic mass is 16.6. The molecule has 1 aromatic carbocycles. The van der Waals surface area contributed by atoms with Crippen LogP contribution in [0.3, 0.4) is 0 Å². The molecule has 90 valence electrons. The predicted molar refractivity (Wildman–Crippen MR) is 67.2 cm³/mol. The number of nitro groups is 1. The molecule has 6 heteroatoms. The normalized spacial score (nSPS) is 10.9. The first-order valence-corrected chi connectivity index (χ1v) is 5.40. The summed E-state index contributed by atoms with van der Waals surface area (Å²) in [5.74, 6) is 0. The molecule has 0 radical (unpaired) electrons. The van der Waals surface area contributed by atoms with E-state index in [1.165, 1.54) is 12.1 Å². The molecule has 3 aromatic rings. The van der Waals surface area contributed by atoms with Crippen LogP contribution in [0, 0.1) is 10.1 Å². The second kappa shape index (κ2) is 3.69. The number of nitrogens with one attached hydrogen (secondary N) is 1. The molecular weight excluding hydrogens is 232 g/mol. The van der Waals surface area contributed by atoms with Gasteiger partial charge in [0.05, 0.1) is 16.6 Å². The van der Waals surface area contributed by atoms with Gasteiger partial charge in [0.1, 0.15) is 0 Å². The maximum absolute atomic E-state index is 10.7. The lowest BCUT2D eigenvalue weighted by Gasteiger charge is -1.95. The van der Waals surface area contributed by atoms with Crippen molar-refractivity contribution in [3.05, 3.63) is 46.9 Å². The quantitative estimate of drug-likeness (QED) is 0.554. The summed E-state index contributed by atoms with van der Waals surface area (Å²) in [4.78, 5) is 13.4.